The van der Waals surface area contributed by atoms with E-state index < -0.39 is 5.38 Å². The van der Waals surface area contributed by atoms with Gasteiger partial charge >= 0.3 is 0 Å². The molecule has 1 unspecified atom stereocenters. The molecule has 3 nitrogen and oxygen atoms in total. The maximum atomic E-state index is 11.7. The molecule has 1 N–H and O–H groups in total. The van der Waals surface area contributed by atoms with Crippen molar-refractivity contribution in [2.24, 2.45) is 0 Å². The Morgan fingerprint density at radius 2 is 2.06 bits per heavy atom. The van der Waals surface area contributed by atoms with Gasteiger partial charge in [-0.05, 0) is 17.5 Å². The first-order chi connectivity index (χ1) is 7.59. The molecule has 0 aliphatic heterocycles. The molecule has 0 aliphatic rings. The topological polar surface area (TPSA) is 36.1 Å². The van der Waals surface area contributed by atoms with Crippen molar-refractivity contribution in [3.63, 3.8) is 0 Å². The maximum absolute atomic E-state index is 11.7. The first kappa shape index (κ1) is 11.0. The van der Waals surface area contributed by atoms with E-state index in [1.54, 1.807) is 14.1 Å². The van der Waals surface area contributed by atoms with Gasteiger partial charge in [0.2, 0.25) is 5.91 Å². The van der Waals surface area contributed by atoms with Crippen LogP contribution in [0.15, 0.2) is 30.3 Å². The minimum Gasteiger partial charge on any atom is -0.357 e. The molecule has 0 saturated carbocycles. The van der Waals surface area contributed by atoms with Crippen LogP contribution in [0.25, 0.3) is 10.9 Å². The molecule has 2 aromatic rings. The smallest absolute Gasteiger partial charge is 0.246 e. The Morgan fingerprint density at radius 1 is 1.38 bits per heavy atom. The van der Waals surface area contributed by atoms with E-state index >= 15 is 0 Å². The second kappa shape index (κ2) is 4.18. The van der Waals surface area contributed by atoms with Crippen LogP contribution in [-0.4, -0.2) is 29.9 Å². The summed E-state index contributed by atoms with van der Waals surface area (Å²) in [7, 11) is 3.39. The lowest BCUT2D eigenvalue weighted by Crippen LogP contribution is -2.25. The summed E-state index contributed by atoms with van der Waals surface area (Å²) < 4.78 is 0. The second-order valence-electron chi connectivity index (χ2n) is 3.91. The third kappa shape index (κ3) is 1.91. The zero-order valence-corrected chi connectivity index (χ0v) is 9.95. The van der Waals surface area contributed by atoms with Gasteiger partial charge in [0.1, 0.15) is 0 Å². The fourth-order valence-corrected chi connectivity index (χ4v) is 1.90. The number of nitrogens with zero attached hydrogens (tertiary/aromatic N) is 1. The molecule has 1 amide bonds. The SMILES string of the molecule is CN(C)C(=O)C(Cl)c1cc2ccccc2[nH]1. The van der Waals surface area contributed by atoms with Gasteiger partial charge in [-0.2, -0.15) is 0 Å². The summed E-state index contributed by atoms with van der Waals surface area (Å²) in [6, 6.07) is 9.76. The molecular formula is C12H13ClN2O. The molecule has 0 saturated heterocycles. The molecule has 4 heteroatoms. The lowest BCUT2D eigenvalue weighted by Gasteiger charge is -2.13. The standard InChI is InChI=1S/C12H13ClN2O/c1-15(2)12(16)11(13)10-7-8-5-3-4-6-9(8)14-10/h3-7,11,14H,1-2H3. The molecule has 0 aliphatic carbocycles. The van der Waals surface area contributed by atoms with Gasteiger partial charge in [0.15, 0.2) is 5.38 Å². The maximum Gasteiger partial charge on any atom is 0.246 e. The lowest BCUT2D eigenvalue weighted by atomic mass is 10.2. The molecule has 1 aromatic heterocycles. The van der Waals surface area contributed by atoms with E-state index in [0.717, 1.165) is 16.6 Å². The zero-order chi connectivity index (χ0) is 11.7. The summed E-state index contributed by atoms with van der Waals surface area (Å²) in [5, 5.41) is 0.414. The van der Waals surface area contributed by atoms with Crippen LogP contribution in [0.3, 0.4) is 0 Å². The number of halogens is 1. The highest BCUT2D eigenvalue weighted by molar-refractivity contribution is 6.30. The van der Waals surface area contributed by atoms with Gasteiger partial charge in [-0.25, -0.2) is 0 Å². The van der Waals surface area contributed by atoms with Crippen molar-refractivity contribution < 1.29 is 4.79 Å². The molecule has 0 fully saturated rings. The van der Waals surface area contributed by atoms with Crippen molar-refractivity contribution >= 4 is 28.4 Å². The first-order valence-corrected chi connectivity index (χ1v) is 5.46. The third-order valence-corrected chi connectivity index (χ3v) is 2.90. The molecule has 1 heterocycles. The van der Waals surface area contributed by atoms with Crippen LogP contribution in [0.1, 0.15) is 11.1 Å². The number of carbonyl (C=O) groups is 1. The van der Waals surface area contributed by atoms with E-state index in [4.69, 9.17) is 11.6 Å². The van der Waals surface area contributed by atoms with Crippen molar-refractivity contribution in [1.29, 1.82) is 0 Å². The number of likely N-dealkylation sites (N-methyl/N-ethyl adjacent to an activating group) is 1. The lowest BCUT2D eigenvalue weighted by molar-refractivity contribution is -0.128. The van der Waals surface area contributed by atoms with Crippen LogP contribution in [0.2, 0.25) is 0 Å². The fourth-order valence-electron chi connectivity index (χ4n) is 1.59. The summed E-state index contributed by atoms with van der Waals surface area (Å²) in [6.07, 6.45) is 0. The van der Waals surface area contributed by atoms with Crippen LogP contribution in [-0.2, 0) is 4.79 Å². The molecular weight excluding hydrogens is 224 g/mol. The van der Waals surface area contributed by atoms with Crippen LogP contribution >= 0.6 is 11.6 Å². The minimum absolute atomic E-state index is 0.117. The number of rotatable bonds is 2. The van der Waals surface area contributed by atoms with Crippen LogP contribution < -0.4 is 0 Å². The normalized spacial score (nSPS) is 12.7. The molecule has 2 rings (SSSR count). The number of aromatic nitrogens is 1. The van der Waals surface area contributed by atoms with E-state index in [1.165, 1.54) is 4.90 Å². The Morgan fingerprint density at radius 3 is 2.69 bits per heavy atom. The molecule has 0 bridgehead atoms. The summed E-state index contributed by atoms with van der Waals surface area (Å²) in [6.45, 7) is 0. The number of carbonyl (C=O) groups excluding carboxylic acids is 1. The number of hydrogen-bond acceptors (Lipinski definition) is 1. The highest BCUT2D eigenvalue weighted by Gasteiger charge is 2.20. The molecule has 1 atom stereocenters. The van der Waals surface area contributed by atoms with Crippen LogP contribution in [0.4, 0.5) is 0 Å². The molecule has 1 aromatic carbocycles. The van der Waals surface area contributed by atoms with Gasteiger partial charge in [-0.15, -0.1) is 11.6 Å². The van der Waals surface area contributed by atoms with E-state index in [-0.39, 0.29) is 5.91 Å². The number of H-pyrrole nitrogens is 1. The van der Waals surface area contributed by atoms with E-state index in [9.17, 15) is 4.79 Å². The largest absolute Gasteiger partial charge is 0.357 e. The van der Waals surface area contributed by atoms with Gasteiger partial charge in [-0.3, -0.25) is 4.79 Å². The fraction of sp³-hybridized carbons (Fsp3) is 0.250. The first-order valence-electron chi connectivity index (χ1n) is 5.02. The number of amides is 1. The number of alkyl halides is 1. The van der Waals surface area contributed by atoms with E-state index in [2.05, 4.69) is 4.98 Å². The van der Waals surface area contributed by atoms with Crippen molar-refractivity contribution in [2.75, 3.05) is 14.1 Å². The van der Waals surface area contributed by atoms with Crippen LogP contribution in [0.5, 0.6) is 0 Å². The number of hydrogen-bond donors (Lipinski definition) is 1. The van der Waals surface area contributed by atoms with Gasteiger partial charge in [0, 0.05) is 25.3 Å². The van der Waals surface area contributed by atoms with Gasteiger partial charge < -0.3 is 9.88 Å². The molecule has 84 valence electrons. The van der Waals surface area contributed by atoms with E-state index in [1.807, 2.05) is 30.3 Å². The number of fused-ring (bicyclic) bond motifs is 1. The summed E-state index contributed by atoms with van der Waals surface area (Å²) in [5.41, 5.74) is 1.73. The molecule has 0 radical (unpaired) electrons. The average molecular weight is 237 g/mol. The predicted molar refractivity (Wildman–Crippen MR) is 65.6 cm³/mol. The monoisotopic (exact) mass is 236 g/mol. The number of aromatic amines is 1. The quantitative estimate of drug-likeness (QED) is 0.800. The number of benzene rings is 1. The van der Waals surface area contributed by atoms with Crippen molar-refractivity contribution in [3.05, 3.63) is 36.0 Å². The van der Waals surface area contributed by atoms with Gasteiger partial charge in [-0.1, -0.05) is 18.2 Å². The summed E-state index contributed by atoms with van der Waals surface area (Å²) >= 11 is 6.10. The highest BCUT2D eigenvalue weighted by Crippen LogP contribution is 2.25. The third-order valence-electron chi connectivity index (χ3n) is 2.48. The Hall–Kier alpha value is -1.48. The molecule has 0 spiro atoms. The highest BCUT2D eigenvalue weighted by atomic mass is 35.5. The van der Waals surface area contributed by atoms with Gasteiger partial charge in [0.05, 0.1) is 0 Å². The minimum atomic E-state index is -0.651. The number of para-hydroxylation sites is 1. The Kier molecular flexibility index (Phi) is 2.88. The zero-order valence-electron chi connectivity index (χ0n) is 9.20. The number of nitrogens with one attached hydrogen (secondary N) is 1. The Balaban J connectivity index is 2.37. The average Bonchev–Trinajstić information content (AvgIpc) is 2.70. The second-order valence-corrected chi connectivity index (χ2v) is 4.34. The summed E-state index contributed by atoms with van der Waals surface area (Å²) in [4.78, 5) is 16.3. The van der Waals surface area contributed by atoms with Crippen LogP contribution in [0, 0.1) is 0 Å². The van der Waals surface area contributed by atoms with Crippen molar-refractivity contribution in [1.82, 2.24) is 9.88 Å². The van der Waals surface area contributed by atoms with Crippen molar-refractivity contribution in [2.45, 2.75) is 5.38 Å². The Labute approximate surface area is 99.0 Å². The van der Waals surface area contributed by atoms with E-state index in [0.29, 0.717) is 0 Å². The summed E-state index contributed by atoms with van der Waals surface area (Å²) in [5.74, 6) is -0.117. The molecule has 16 heavy (non-hydrogen) atoms. The van der Waals surface area contributed by atoms with Gasteiger partial charge in [0.25, 0.3) is 0 Å². The predicted octanol–water partition coefficient (Wildman–Crippen LogP) is 2.54. The Bertz CT molecular complexity index is 485. The van der Waals surface area contributed by atoms with Crippen molar-refractivity contribution in [3.8, 4) is 0 Å².